The molecule has 21 heavy (non-hydrogen) atoms. The van der Waals surface area contributed by atoms with E-state index in [0.717, 1.165) is 11.1 Å². The van der Waals surface area contributed by atoms with E-state index in [-0.39, 0.29) is 16.8 Å². The number of benzene rings is 2. The van der Waals surface area contributed by atoms with Crippen LogP contribution < -0.4 is 0 Å². The van der Waals surface area contributed by atoms with Crippen LogP contribution in [-0.2, 0) is 10.0 Å². The predicted molar refractivity (Wildman–Crippen MR) is 86.0 cm³/mol. The molecule has 0 saturated heterocycles. The minimum atomic E-state index is -3.51. The van der Waals surface area contributed by atoms with Crippen LogP contribution in [0.1, 0.15) is 16.5 Å². The molecule has 1 unspecified atom stereocenters. The highest BCUT2D eigenvalue weighted by Gasteiger charge is 2.23. The Kier molecular flexibility index (Phi) is 5.04. The molecule has 2 aromatic carbocycles. The fraction of sp³-hybridized carbons (Fsp3) is 0.250. The summed E-state index contributed by atoms with van der Waals surface area (Å²) in [7, 11) is -1.96. The first-order valence-corrected chi connectivity index (χ1v) is 8.51. The molecule has 0 aliphatic heterocycles. The van der Waals surface area contributed by atoms with Crippen molar-refractivity contribution in [3.8, 4) is 0 Å². The first-order chi connectivity index (χ1) is 9.91. The van der Waals surface area contributed by atoms with E-state index in [9.17, 15) is 8.42 Å². The highest BCUT2D eigenvalue weighted by molar-refractivity contribution is 7.89. The van der Waals surface area contributed by atoms with Gasteiger partial charge in [-0.3, -0.25) is 0 Å². The van der Waals surface area contributed by atoms with Gasteiger partial charge in [-0.05, 0) is 24.6 Å². The quantitative estimate of drug-likeness (QED) is 0.788. The lowest BCUT2D eigenvalue weighted by atomic mass is 10.1. The molecule has 0 N–H and O–H groups in total. The molecule has 0 bridgehead atoms. The summed E-state index contributed by atoms with van der Waals surface area (Å²) < 4.78 is 26.2. The Morgan fingerprint density at radius 2 is 1.62 bits per heavy atom. The van der Waals surface area contributed by atoms with Gasteiger partial charge in [-0.1, -0.05) is 48.0 Å². The molecule has 0 aliphatic rings. The zero-order valence-corrected chi connectivity index (χ0v) is 13.6. The predicted octanol–water partition coefficient (Wildman–Crippen LogP) is 3.60. The number of hydrogen-bond donors (Lipinski definition) is 0. The van der Waals surface area contributed by atoms with Gasteiger partial charge >= 0.3 is 0 Å². The Balaban J connectivity index is 2.15. The van der Waals surface area contributed by atoms with E-state index in [0.29, 0.717) is 0 Å². The standard InChI is InChI=1S/C16H18ClNO2S/c1-13-8-10-15(11-9-13)21(19,20)18(2)12-16(17)14-6-4-3-5-7-14/h3-11,16H,12H2,1-2H3. The lowest BCUT2D eigenvalue weighted by Crippen LogP contribution is -2.30. The summed E-state index contributed by atoms with van der Waals surface area (Å²) in [6.45, 7) is 2.14. The average Bonchev–Trinajstić information content (AvgIpc) is 2.48. The molecule has 5 heteroatoms. The van der Waals surface area contributed by atoms with Gasteiger partial charge in [-0.25, -0.2) is 8.42 Å². The fourth-order valence-corrected chi connectivity index (χ4v) is 3.60. The fourth-order valence-electron chi connectivity index (χ4n) is 1.98. The lowest BCUT2D eigenvalue weighted by molar-refractivity contribution is 0.468. The minimum Gasteiger partial charge on any atom is -0.207 e. The lowest BCUT2D eigenvalue weighted by Gasteiger charge is -2.20. The SMILES string of the molecule is Cc1ccc(S(=O)(=O)N(C)CC(Cl)c2ccccc2)cc1. The molecule has 0 heterocycles. The Morgan fingerprint density at radius 3 is 2.19 bits per heavy atom. The molecule has 0 fully saturated rings. The molecule has 2 aromatic rings. The van der Waals surface area contributed by atoms with Crippen LogP contribution in [0.3, 0.4) is 0 Å². The van der Waals surface area contributed by atoms with Crippen molar-refractivity contribution in [2.75, 3.05) is 13.6 Å². The number of nitrogens with zero attached hydrogens (tertiary/aromatic N) is 1. The smallest absolute Gasteiger partial charge is 0.207 e. The average molecular weight is 324 g/mol. The van der Waals surface area contributed by atoms with Crippen molar-refractivity contribution >= 4 is 21.6 Å². The van der Waals surface area contributed by atoms with Crippen molar-refractivity contribution in [2.45, 2.75) is 17.2 Å². The number of alkyl halides is 1. The second-order valence-corrected chi connectivity index (χ2v) is 7.55. The Labute approximate surface area is 131 Å². The third kappa shape index (κ3) is 3.84. The molecule has 112 valence electrons. The molecule has 0 spiro atoms. The van der Waals surface area contributed by atoms with Crippen molar-refractivity contribution in [3.05, 3.63) is 65.7 Å². The second kappa shape index (κ2) is 6.60. The minimum absolute atomic E-state index is 0.224. The van der Waals surface area contributed by atoms with Crippen molar-refractivity contribution in [2.24, 2.45) is 0 Å². The second-order valence-electron chi connectivity index (χ2n) is 4.98. The van der Waals surface area contributed by atoms with Crippen LogP contribution >= 0.6 is 11.6 Å². The summed E-state index contributed by atoms with van der Waals surface area (Å²) in [5, 5.41) is -0.378. The first kappa shape index (κ1) is 16.0. The van der Waals surface area contributed by atoms with Crippen LogP contribution in [-0.4, -0.2) is 26.3 Å². The van der Waals surface area contributed by atoms with Gasteiger partial charge in [-0.2, -0.15) is 4.31 Å². The third-order valence-corrected chi connectivity index (χ3v) is 5.54. The highest BCUT2D eigenvalue weighted by Crippen LogP contribution is 2.24. The molecule has 2 rings (SSSR count). The van der Waals surface area contributed by atoms with Gasteiger partial charge in [0.25, 0.3) is 0 Å². The van der Waals surface area contributed by atoms with Crippen LogP contribution in [0.25, 0.3) is 0 Å². The number of sulfonamides is 1. The van der Waals surface area contributed by atoms with Crippen molar-refractivity contribution in [1.29, 1.82) is 0 Å². The zero-order valence-electron chi connectivity index (χ0n) is 12.0. The van der Waals surface area contributed by atoms with Crippen LogP contribution in [0, 0.1) is 6.92 Å². The summed E-state index contributed by atoms with van der Waals surface area (Å²) in [6, 6.07) is 16.3. The molecule has 3 nitrogen and oxygen atoms in total. The number of likely N-dealkylation sites (N-methyl/N-ethyl adjacent to an activating group) is 1. The largest absolute Gasteiger partial charge is 0.242 e. The van der Waals surface area contributed by atoms with Crippen LogP contribution in [0.15, 0.2) is 59.5 Å². The highest BCUT2D eigenvalue weighted by atomic mass is 35.5. The maximum Gasteiger partial charge on any atom is 0.242 e. The van der Waals surface area contributed by atoms with Crippen LogP contribution in [0.2, 0.25) is 0 Å². The first-order valence-electron chi connectivity index (χ1n) is 6.63. The molecule has 0 saturated carbocycles. The van der Waals surface area contributed by atoms with Gasteiger partial charge in [0.05, 0.1) is 10.3 Å². The number of halogens is 1. The third-order valence-electron chi connectivity index (χ3n) is 3.31. The Bertz CT molecular complexity index is 684. The summed E-state index contributed by atoms with van der Waals surface area (Å²) in [5.74, 6) is 0. The maximum absolute atomic E-state index is 12.5. The molecular formula is C16H18ClNO2S. The summed E-state index contributed by atoms with van der Waals surface area (Å²) >= 11 is 6.31. The monoisotopic (exact) mass is 323 g/mol. The topological polar surface area (TPSA) is 37.4 Å². The van der Waals surface area contributed by atoms with Gasteiger partial charge in [-0.15, -0.1) is 11.6 Å². The Morgan fingerprint density at radius 1 is 1.05 bits per heavy atom. The summed E-state index contributed by atoms with van der Waals surface area (Å²) in [6.07, 6.45) is 0. The maximum atomic E-state index is 12.5. The van der Waals surface area contributed by atoms with E-state index >= 15 is 0 Å². The van der Waals surface area contributed by atoms with Gasteiger partial charge < -0.3 is 0 Å². The molecule has 0 aromatic heterocycles. The number of rotatable bonds is 5. The molecular weight excluding hydrogens is 306 g/mol. The van der Waals surface area contributed by atoms with E-state index in [1.54, 1.807) is 31.3 Å². The van der Waals surface area contributed by atoms with Gasteiger partial charge in [0.2, 0.25) is 10.0 Å². The Hall–Kier alpha value is -1.36. The van der Waals surface area contributed by atoms with Crippen molar-refractivity contribution in [3.63, 3.8) is 0 Å². The van der Waals surface area contributed by atoms with E-state index in [1.165, 1.54) is 4.31 Å². The zero-order chi connectivity index (χ0) is 15.5. The van der Waals surface area contributed by atoms with Crippen LogP contribution in [0.5, 0.6) is 0 Å². The van der Waals surface area contributed by atoms with Gasteiger partial charge in [0.15, 0.2) is 0 Å². The van der Waals surface area contributed by atoms with Crippen molar-refractivity contribution in [1.82, 2.24) is 4.31 Å². The van der Waals surface area contributed by atoms with Crippen LogP contribution in [0.4, 0.5) is 0 Å². The normalized spacial score (nSPS) is 13.3. The van der Waals surface area contributed by atoms with E-state index in [4.69, 9.17) is 11.6 Å². The van der Waals surface area contributed by atoms with E-state index < -0.39 is 10.0 Å². The van der Waals surface area contributed by atoms with Gasteiger partial charge in [0.1, 0.15) is 0 Å². The molecule has 0 amide bonds. The molecule has 0 aliphatic carbocycles. The summed E-state index contributed by atoms with van der Waals surface area (Å²) in [4.78, 5) is 0.285. The summed E-state index contributed by atoms with van der Waals surface area (Å²) in [5.41, 5.74) is 1.93. The number of hydrogen-bond acceptors (Lipinski definition) is 2. The molecule has 0 radical (unpaired) electrons. The van der Waals surface area contributed by atoms with Gasteiger partial charge in [0, 0.05) is 13.6 Å². The van der Waals surface area contributed by atoms with E-state index in [1.807, 2.05) is 37.3 Å². The van der Waals surface area contributed by atoms with Crippen molar-refractivity contribution < 1.29 is 8.42 Å². The van der Waals surface area contributed by atoms with E-state index in [2.05, 4.69) is 0 Å². The molecule has 1 atom stereocenters. The number of aryl methyl sites for hydroxylation is 1.